The molecule has 0 radical (unpaired) electrons. The number of aryl methyl sites for hydroxylation is 1. The molecule has 0 unspecified atom stereocenters. The predicted octanol–water partition coefficient (Wildman–Crippen LogP) is 3.12. The maximum atomic E-state index is 12.2. The minimum Gasteiger partial charge on any atom is -0.494 e. The average Bonchev–Trinajstić information content (AvgIpc) is 3.07. The summed E-state index contributed by atoms with van der Waals surface area (Å²) in [5.41, 5.74) is 0.280. The molecule has 0 aliphatic rings. The Bertz CT molecular complexity index is 765. The van der Waals surface area contributed by atoms with E-state index in [1.165, 1.54) is 37.1 Å². The first-order chi connectivity index (χ1) is 12.5. The summed E-state index contributed by atoms with van der Waals surface area (Å²) in [5, 5.41) is 22.1. The van der Waals surface area contributed by atoms with Crippen molar-refractivity contribution in [2.24, 2.45) is 0 Å². The van der Waals surface area contributed by atoms with Crippen molar-refractivity contribution in [3.8, 4) is 5.75 Å². The summed E-state index contributed by atoms with van der Waals surface area (Å²) < 4.78 is 7.04. The molecule has 10 heteroatoms. The molecule has 0 bridgehead atoms. The van der Waals surface area contributed by atoms with Gasteiger partial charge in [0, 0.05) is 12.6 Å². The Morgan fingerprint density at radius 1 is 1.42 bits per heavy atom. The molecule has 0 spiro atoms. The van der Waals surface area contributed by atoms with Crippen LogP contribution >= 0.6 is 11.8 Å². The van der Waals surface area contributed by atoms with E-state index in [9.17, 15) is 14.9 Å². The van der Waals surface area contributed by atoms with Crippen LogP contribution in [0.2, 0.25) is 0 Å². The van der Waals surface area contributed by atoms with E-state index in [1.807, 2.05) is 4.57 Å². The van der Waals surface area contributed by atoms with E-state index in [4.69, 9.17) is 4.74 Å². The smallest absolute Gasteiger partial charge is 0.273 e. The second-order valence-electron chi connectivity index (χ2n) is 5.49. The van der Waals surface area contributed by atoms with Crippen LogP contribution in [0.5, 0.6) is 5.75 Å². The number of carbonyl (C=O) groups is 1. The maximum absolute atomic E-state index is 12.2. The molecule has 0 aliphatic carbocycles. The van der Waals surface area contributed by atoms with Gasteiger partial charge in [-0.3, -0.25) is 14.9 Å². The highest BCUT2D eigenvalue weighted by Crippen LogP contribution is 2.29. The molecule has 0 fully saturated rings. The van der Waals surface area contributed by atoms with Gasteiger partial charge in [0.2, 0.25) is 5.91 Å². The molecule has 140 valence electrons. The Morgan fingerprint density at radius 3 is 2.92 bits per heavy atom. The number of ether oxygens (including phenoxy) is 1. The molecule has 1 aromatic carbocycles. The summed E-state index contributed by atoms with van der Waals surface area (Å²) >= 11 is 1.29. The van der Waals surface area contributed by atoms with Crippen LogP contribution in [0.3, 0.4) is 0 Å². The van der Waals surface area contributed by atoms with E-state index in [2.05, 4.69) is 22.4 Å². The number of nitrogens with one attached hydrogen (secondary N) is 1. The number of aromatic nitrogens is 3. The topological polar surface area (TPSA) is 112 Å². The van der Waals surface area contributed by atoms with Gasteiger partial charge in [0.15, 0.2) is 5.16 Å². The predicted molar refractivity (Wildman–Crippen MR) is 98.5 cm³/mol. The Morgan fingerprint density at radius 2 is 2.23 bits per heavy atom. The number of amides is 1. The first kappa shape index (κ1) is 19.7. The minimum absolute atomic E-state index is 0.102. The van der Waals surface area contributed by atoms with Gasteiger partial charge in [0.05, 0.1) is 29.5 Å². The van der Waals surface area contributed by atoms with Crippen LogP contribution < -0.4 is 10.1 Å². The quantitative estimate of drug-likeness (QED) is 0.292. The first-order valence-electron chi connectivity index (χ1n) is 8.18. The summed E-state index contributed by atoms with van der Waals surface area (Å²) in [6.07, 6.45) is 4.95. The van der Waals surface area contributed by atoms with E-state index < -0.39 is 4.92 Å². The SMILES string of the molecule is CCCCCn1cnnc1SCC(=O)Nc1ccc([N+](=O)[O-])cc1OC. The number of thioether (sulfide) groups is 1. The fraction of sp³-hybridized carbons (Fsp3) is 0.438. The first-order valence-corrected chi connectivity index (χ1v) is 9.16. The minimum atomic E-state index is -0.519. The van der Waals surface area contributed by atoms with Gasteiger partial charge in [-0.05, 0) is 12.5 Å². The van der Waals surface area contributed by atoms with Crippen molar-refractivity contribution in [1.29, 1.82) is 0 Å². The molecular formula is C16H21N5O4S. The number of non-ortho nitro benzene ring substituents is 1. The van der Waals surface area contributed by atoms with Crippen molar-refractivity contribution >= 4 is 29.0 Å². The molecular weight excluding hydrogens is 358 g/mol. The maximum Gasteiger partial charge on any atom is 0.273 e. The highest BCUT2D eigenvalue weighted by molar-refractivity contribution is 7.99. The number of hydrogen-bond donors (Lipinski definition) is 1. The second-order valence-corrected chi connectivity index (χ2v) is 6.44. The fourth-order valence-corrected chi connectivity index (χ4v) is 3.00. The molecule has 0 saturated heterocycles. The van der Waals surface area contributed by atoms with E-state index >= 15 is 0 Å². The number of carbonyl (C=O) groups excluding carboxylic acids is 1. The van der Waals surface area contributed by atoms with E-state index in [1.54, 1.807) is 6.33 Å². The number of nitro benzene ring substituents is 1. The zero-order valence-corrected chi connectivity index (χ0v) is 15.5. The fourth-order valence-electron chi connectivity index (χ4n) is 2.25. The lowest BCUT2D eigenvalue weighted by molar-refractivity contribution is -0.384. The lowest BCUT2D eigenvalue weighted by Gasteiger charge is -2.10. The number of hydrogen-bond acceptors (Lipinski definition) is 7. The summed E-state index contributed by atoms with van der Waals surface area (Å²) in [7, 11) is 1.39. The van der Waals surface area contributed by atoms with Crippen molar-refractivity contribution < 1.29 is 14.5 Å². The summed E-state index contributed by atoms with van der Waals surface area (Å²) in [5.74, 6) is 0.123. The lowest BCUT2D eigenvalue weighted by atomic mass is 10.2. The third-order valence-corrected chi connectivity index (χ3v) is 4.57. The molecule has 1 amide bonds. The van der Waals surface area contributed by atoms with Gasteiger partial charge in [-0.1, -0.05) is 31.5 Å². The van der Waals surface area contributed by atoms with Gasteiger partial charge >= 0.3 is 0 Å². The number of methoxy groups -OCH3 is 1. The highest BCUT2D eigenvalue weighted by Gasteiger charge is 2.14. The van der Waals surface area contributed by atoms with Crippen molar-refractivity contribution in [3.05, 3.63) is 34.6 Å². The second kappa shape index (κ2) is 9.76. The molecule has 0 aliphatic heterocycles. The molecule has 1 aromatic heterocycles. The van der Waals surface area contributed by atoms with Crippen molar-refractivity contribution in [2.45, 2.75) is 37.9 Å². The van der Waals surface area contributed by atoms with Crippen molar-refractivity contribution in [2.75, 3.05) is 18.2 Å². The van der Waals surface area contributed by atoms with Crippen LogP contribution in [0.1, 0.15) is 26.2 Å². The van der Waals surface area contributed by atoms with Gasteiger partial charge in [-0.15, -0.1) is 10.2 Å². The van der Waals surface area contributed by atoms with Gasteiger partial charge in [0.25, 0.3) is 5.69 Å². The Balaban J connectivity index is 1.93. The summed E-state index contributed by atoms with van der Waals surface area (Å²) in [6, 6.07) is 4.04. The normalized spacial score (nSPS) is 10.5. The van der Waals surface area contributed by atoms with Crippen LogP contribution in [0.4, 0.5) is 11.4 Å². The van der Waals surface area contributed by atoms with Gasteiger partial charge in [0.1, 0.15) is 12.1 Å². The standard InChI is InChI=1S/C16H21N5O4S/c1-3-4-5-8-20-11-17-19-16(20)26-10-15(22)18-13-7-6-12(21(23)24)9-14(13)25-2/h6-7,9,11H,3-5,8,10H2,1-2H3,(H,18,22). The third-order valence-electron chi connectivity index (χ3n) is 3.58. The van der Waals surface area contributed by atoms with E-state index in [0.29, 0.717) is 10.8 Å². The third kappa shape index (κ3) is 5.45. The van der Waals surface area contributed by atoms with Gasteiger partial charge in [-0.25, -0.2) is 0 Å². The summed E-state index contributed by atoms with van der Waals surface area (Å²) in [4.78, 5) is 22.5. The van der Waals surface area contributed by atoms with Crippen molar-refractivity contribution in [3.63, 3.8) is 0 Å². The van der Waals surface area contributed by atoms with Crippen LogP contribution in [-0.2, 0) is 11.3 Å². The molecule has 26 heavy (non-hydrogen) atoms. The molecule has 1 heterocycles. The van der Waals surface area contributed by atoms with E-state index in [-0.39, 0.29) is 23.1 Å². The van der Waals surface area contributed by atoms with Crippen molar-refractivity contribution in [1.82, 2.24) is 14.8 Å². The Hall–Kier alpha value is -2.62. The highest BCUT2D eigenvalue weighted by atomic mass is 32.2. The van der Waals surface area contributed by atoms with Gasteiger partial charge in [-0.2, -0.15) is 0 Å². The van der Waals surface area contributed by atoms with Crippen LogP contribution in [0, 0.1) is 10.1 Å². The molecule has 0 saturated carbocycles. The van der Waals surface area contributed by atoms with Crippen LogP contribution in [0.15, 0.2) is 29.7 Å². The number of nitro groups is 1. The molecule has 2 aromatic rings. The molecule has 0 atom stereocenters. The number of nitrogens with zero attached hydrogens (tertiary/aromatic N) is 4. The van der Waals surface area contributed by atoms with Crippen LogP contribution in [0.25, 0.3) is 0 Å². The van der Waals surface area contributed by atoms with Gasteiger partial charge < -0.3 is 14.6 Å². The average molecular weight is 379 g/mol. The molecule has 9 nitrogen and oxygen atoms in total. The lowest BCUT2D eigenvalue weighted by Crippen LogP contribution is -2.15. The molecule has 2 rings (SSSR count). The number of unbranched alkanes of at least 4 members (excludes halogenated alkanes) is 2. The monoisotopic (exact) mass is 379 g/mol. The van der Waals surface area contributed by atoms with E-state index in [0.717, 1.165) is 25.8 Å². The number of anilines is 1. The van der Waals surface area contributed by atoms with Crippen LogP contribution in [-0.4, -0.2) is 38.5 Å². The largest absolute Gasteiger partial charge is 0.494 e. The Labute approximate surface area is 155 Å². The zero-order chi connectivity index (χ0) is 18.9. The zero-order valence-electron chi connectivity index (χ0n) is 14.7. The number of benzene rings is 1. The molecule has 1 N–H and O–H groups in total. The summed E-state index contributed by atoms with van der Waals surface area (Å²) in [6.45, 7) is 2.96. The Kier molecular flexibility index (Phi) is 7.39. The number of rotatable bonds is 10.